The second-order valence-corrected chi connectivity index (χ2v) is 7.14. The van der Waals surface area contributed by atoms with E-state index >= 15 is 0 Å². The summed E-state index contributed by atoms with van der Waals surface area (Å²) in [5, 5.41) is 8.91. The van der Waals surface area contributed by atoms with Crippen LogP contribution in [-0.4, -0.2) is 60.6 Å². The van der Waals surface area contributed by atoms with Crippen molar-refractivity contribution in [3.8, 4) is 0 Å². The maximum Gasteiger partial charge on any atom is 0.304 e. The number of aliphatic carboxylic acids is 1. The van der Waals surface area contributed by atoms with Gasteiger partial charge in [0.05, 0.1) is 12.1 Å². The van der Waals surface area contributed by atoms with Gasteiger partial charge >= 0.3 is 5.97 Å². The van der Waals surface area contributed by atoms with Crippen LogP contribution >= 0.6 is 0 Å². The molecule has 0 amide bonds. The molecule has 0 bridgehead atoms. The number of carbonyl (C=O) groups is 1. The first-order valence-corrected chi connectivity index (χ1v) is 9.46. The lowest BCUT2D eigenvalue weighted by Gasteiger charge is -2.37. The van der Waals surface area contributed by atoms with Crippen molar-refractivity contribution in [1.29, 1.82) is 0 Å². The first-order chi connectivity index (χ1) is 13.1. The minimum atomic E-state index is -0.725. The van der Waals surface area contributed by atoms with Crippen molar-refractivity contribution < 1.29 is 9.90 Å². The zero-order chi connectivity index (χ0) is 18.8. The topological polar surface area (TPSA) is 47.0 Å². The largest absolute Gasteiger partial charge is 0.481 e. The third-order valence-corrected chi connectivity index (χ3v) is 5.49. The standard InChI is InChI=1S/C22H25N3O2/c1-23-19-8-4-2-6-17(19)16-21(18-7-3-5-9-20(18)23)25-14-12-24(13-15-25)11-10-22(26)27/h2-9,16H,10-15H2,1H3,(H,26,27). The van der Waals surface area contributed by atoms with Crippen LogP contribution in [0.5, 0.6) is 0 Å². The highest BCUT2D eigenvalue weighted by atomic mass is 16.4. The van der Waals surface area contributed by atoms with E-state index in [1.54, 1.807) is 0 Å². The quantitative estimate of drug-likeness (QED) is 0.903. The number of piperazine rings is 1. The van der Waals surface area contributed by atoms with Gasteiger partial charge in [-0.15, -0.1) is 0 Å². The van der Waals surface area contributed by atoms with Gasteiger partial charge in [0.15, 0.2) is 0 Å². The second-order valence-electron chi connectivity index (χ2n) is 7.14. The lowest BCUT2D eigenvalue weighted by molar-refractivity contribution is -0.137. The summed E-state index contributed by atoms with van der Waals surface area (Å²) in [5.41, 5.74) is 6.14. The van der Waals surface area contributed by atoms with Crippen LogP contribution in [0.15, 0.2) is 48.5 Å². The Bertz CT molecular complexity index is 869. The van der Waals surface area contributed by atoms with Gasteiger partial charge in [-0.25, -0.2) is 0 Å². The highest BCUT2D eigenvalue weighted by molar-refractivity contribution is 5.94. The summed E-state index contributed by atoms with van der Waals surface area (Å²) in [6, 6.07) is 17.0. The fraction of sp³-hybridized carbons (Fsp3) is 0.318. The summed E-state index contributed by atoms with van der Waals surface area (Å²) in [6.45, 7) is 4.23. The van der Waals surface area contributed by atoms with Gasteiger partial charge in [-0.3, -0.25) is 9.69 Å². The van der Waals surface area contributed by atoms with Gasteiger partial charge in [0.1, 0.15) is 0 Å². The molecular formula is C22H25N3O2. The predicted octanol–water partition coefficient (Wildman–Crippen LogP) is 3.36. The number of hydrogen-bond acceptors (Lipinski definition) is 4. The Hall–Kier alpha value is -2.79. The Balaban J connectivity index is 1.63. The smallest absolute Gasteiger partial charge is 0.304 e. The third-order valence-electron chi connectivity index (χ3n) is 5.49. The Morgan fingerprint density at radius 3 is 2.37 bits per heavy atom. The SMILES string of the molecule is CN1c2ccccc2C=C(N2CCN(CCC(=O)O)CC2)c2ccccc21. The lowest BCUT2D eigenvalue weighted by Crippen LogP contribution is -2.45. The van der Waals surface area contributed by atoms with Crippen LogP contribution in [0.2, 0.25) is 0 Å². The Kier molecular flexibility index (Phi) is 4.86. The lowest BCUT2D eigenvalue weighted by atomic mass is 10.1. The number of hydrogen-bond donors (Lipinski definition) is 1. The number of benzene rings is 2. The molecule has 0 spiro atoms. The molecule has 0 radical (unpaired) electrons. The van der Waals surface area contributed by atoms with Crippen molar-refractivity contribution >= 4 is 29.1 Å². The van der Waals surface area contributed by atoms with Gasteiger partial charge in [0.25, 0.3) is 0 Å². The van der Waals surface area contributed by atoms with E-state index in [0.29, 0.717) is 6.54 Å². The number of rotatable bonds is 4. The molecule has 0 atom stereocenters. The van der Waals surface area contributed by atoms with Gasteiger partial charge in [0.2, 0.25) is 0 Å². The highest BCUT2D eigenvalue weighted by Crippen LogP contribution is 2.39. The molecule has 1 N–H and O–H groups in total. The van der Waals surface area contributed by atoms with Crippen LogP contribution in [0, 0.1) is 0 Å². The summed E-state index contributed by atoms with van der Waals surface area (Å²) in [4.78, 5) is 17.8. The molecule has 0 saturated carbocycles. The molecule has 2 aromatic carbocycles. The minimum absolute atomic E-state index is 0.212. The van der Waals surface area contributed by atoms with Crippen LogP contribution in [0.3, 0.4) is 0 Å². The van der Waals surface area contributed by atoms with Gasteiger partial charge < -0.3 is 14.9 Å². The van der Waals surface area contributed by atoms with E-state index in [-0.39, 0.29) is 6.42 Å². The fourth-order valence-corrected chi connectivity index (χ4v) is 3.98. The first kappa shape index (κ1) is 17.6. The highest BCUT2D eigenvalue weighted by Gasteiger charge is 2.25. The minimum Gasteiger partial charge on any atom is -0.481 e. The van der Waals surface area contributed by atoms with Crippen molar-refractivity contribution in [1.82, 2.24) is 9.80 Å². The molecule has 1 fully saturated rings. The molecule has 0 unspecified atom stereocenters. The number of carboxylic acids is 1. The summed E-state index contributed by atoms with van der Waals surface area (Å²) >= 11 is 0. The fourth-order valence-electron chi connectivity index (χ4n) is 3.98. The molecule has 2 aliphatic heterocycles. The normalized spacial score (nSPS) is 17.0. The van der Waals surface area contributed by atoms with E-state index < -0.39 is 5.97 Å². The second kappa shape index (κ2) is 7.45. The molecular weight excluding hydrogens is 338 g/mol. The predicted molar refractivity (Wildman–Crippen MR) is 109 cm³/mol. The van der Waals surface area contributed by atoms with Crippen LogP contribution in [0.1, 0.15) is 17.5 Å². The summed E-state index contributed by atoms with van der Waals surface area (Å²) < 4.78 is 0. The molecule has 2 aromatic rings. The van der Waals surface area contributed by atoms with E-state index in [0.717, 1.165) is 26.2 Å². The van der Waals surface area contributed by atoms with Crippen LogP contribution in [0.4, 0.5) is 11.4 Å². The molecule has 0 aromatic heterocycles. The molecule has 27 heavy (non-hydrogen) atoms. The van der Waals surface area contributed by atoms with E-state index in [9.17, 15) is 4.79 Å². The monoisotopic (exact) mass is 363 g/mol. The van der Waals surface area contributed by atoms with E-state index in [1.807, 2.05) is 0 Å². The number of fused-ring (bicyclic) bond motifs is 2. The maximum absolute atomic E-state index is 10.8. The molecule has 0 aliphatic carbocycles. The zero-order valence-electron chi connectivity index (χ0n) is 15.6. The van der Waals surface area contributed by atoms with Crippen molar-refractivity contribution in [3.63, 3.8) is 0 Å². The molecule has 2 aliphatic rings. The van der Waals surface area contributed by atoms with Crippen molar-refractivity contribution in [2.45, 2.75) is 6.42 Å². The average molecular weight is 363 g/mol. The Labute approximate surface area is 160 Å². The molecule has 5 nitrogen and oxygen atoms in total. The van der Waals surface area contributed by atoms with Crippen molar-refractivity contribution in [3.05, 3.63) is 59.7 Å². The van der Waals surface area contributed by atoms with Crippen LogP contribution < -0.4 is 4.90 Å². The van der Waals surface area contributed by atoms with Crippen LogP contribution in [-0.2, 0) is 4.79 Å². The molecule has 2 heterocycles. The molecule has 1 saturated heterocycles. The molecule has 4 rings (SSSR count). The Morgan fingerprint density at radius 1 is 0.963 bits per heavy atom. The summed E-state index contributed by atoms with van der Waals surface area (Å²) in [7, 11) is 2.12. The maximum atomic E-state index is 10.8. The third kappa shape index (κ3) is 3.55. The first-order valence-electron chi connectivity index (χ1n) is 9.46. The van der Waals surface area contributed by atoms with Crippen molar-refractivity contribution in [2.75, 3.05) is 44.7 Å². The molecule has 140 valence electrons. The Morgan fingerprint density at radius 2 is 1.63 bits per heavy atom. The molecule has 5 heteroatoms. The van der Waals surface area contributed by atoms with Gasteiger partial charge in [-0.1, -0.05) is 36.4 Å². The van der Waals surface area contributed by atoms with Crippen LogP contribution in [0.25, 0.3) is 11.8 Å². The number of para-hydroxylation sites is 2. The van der Waals surface area contributed by atoms with Gasteiger partial charge in [-0.05, 0) is 18.2 Å². The van der Waals surface area contributed by atoms with E-state index in [1.165, 1.54) is 28.2 Å². The summed E-state index contributed by atoms with van der Waals surface area (Å²) in [6.07, 6.45) is 2.51. The van der Waals surface area contributed by atoms with Gasteiger partial charge in [0, 0.05) is 62.3 Å². The number of anilines is 2. The summed E-state index contributed by atoms with van der Waals surface area (Å²) in [5.74, 6) is -0.725. The zero-order valence-corrected chi connectivity index (χ0v) is 15.6. The van der Waals surface area contributed by atoms with Crippen molar-refractivity contribution in [2.24, 2.45) is 0 Å². The number of carboxylic acid groups (broad SMARTS) is 1. The average Bonchev–Trinajstić information content (AvgIpc) is 2.82. The van der Waals surface area contributed by atoms with E-state index in [2.05, 4.69) is 76.4 Å². The van der Waals surface area contributed by atoms with E-state index in [4.69, 9.17) is 5.11 Å². The van der Waals surface area contributed by atoms with Gasteiger partial charge in [-0.2, -0.15) is 0 Å². The number of nitrogens with zero attached hydrogens (tertiary/aromatic N) is 3.